The minimum absolute atomic E-state index is 0.0295. The van der Waals surface area contributed by atoms with Crippen molar-refractivity contribution in [3.8, 4) is 0 Å². The van der Waals surface area contributed by atoms with Gasteiger partial charge in [0.2, 0.25) is 11.8 Å². The molecule has 0 aliphatic carbocycles. The summed E-state index contributed by atoms with van der Waals surface area (Å²) in [5.41, 5.74) is 0.964. The number of nitrogens with zero attached hydrogens (tertiary/aromatic N) is 2. The van der Waals surface area contributed by atoms with Crippen molar-refractivity contribution in [3.05, 3.63) is 92.9 Å². The van der Waals surface area contributed by atoms with E-state index >= 15 is 0 Å². The summed E-state index contributed by atoms with van der Waals surface area (Å²) in [6.45, 7) is 5.16. The zero-order valence-electron chi connectivity index (χ0n) is 22.5. The zero-order valence-corrected chi connectivity index (χ0v) is 26.4. The van der Waals surface area contributed by atoms with Crippen molar-refractivity contribution < 1.29 is 18.0 Å². The molecule has 1 N–H and O–H groups in total. The molecule has 3 aromatic carbocycles. The minimum Gasteiger partial charge on any atom is -0.352 e. The third kappa shape index (κ3) is 8.00. The van der Waals surface area contributed by atoms with Crippen molar-refractivity contribution in [1.29, 1.82) is 0 Å². The van der Waals surface area contributed by atoms with Crippen molar-refractivity contribution in [3.63, 3.8) is 0 Å². The van der Waals surface area contributed by atoms with Crippen molar-refractivity contribution in [2.24, 2.45) is 0 Å². The second-order valence-electron chi connectivity index (χ2n) is 9.31. The van der Waals surface area contributed by atoms with Gasteiger partial charge < -0.3 is 10.2 Å². The first-order valence-electron chi connectivity index (χ1n) is 12.8. The third-order valence-corrected chi connectivity index (χ3v) is 9.50. The molecule has 2 atom stereocenters. The highest BCUT2D eigenvalue weighted by Crippen LogP contribution is 2.27. The van der Waals surface area contributed by atoms with Gasteiger partial charge in [-0.05, 0) is 73.9 Å². The summed E-state index contributed by atoms with van der Waals surface area (Å²) in [4.78, 5) is 28.8. The molecule has 0 fully saturated rings. The second kappa shape index (κ2) is 14.3. The van der Waals surface area contributed by atoms with Gasteiger partial charge in [0.05, 0.1) is 20.6 Å². The van der Waals surface area contributed by atoms with E-state index in [-0.39, 0.29) is 23.4 Å². The Balaban J connectivity index is 2.06. The molecule has 7 nitrogen and oxygen atoms in total. The Morgan fingerprint density at radius 2 is 1.57 bits per heavy atom. The predicted molar refractivity (Wildman–Crippen MR) is 164 cm³/mol. The van der Waals surface area contributed by atoms with Crippen LogP contribution >= 0.6 is 39.1 Å². The summed E-state index contributed by atoms with van der Waals surface area (Å²) in [5.74, 6) is -0.856. The van der Waals surface area contributed by atoms with Crippen LogP contribution in [0.25, 0.3) is 0 Å². The molecule has 0 aromatic heterocycles. The molecule has 214 valence electrons. The molecule has 0 unspecified atom stereocenters. The van der Waals surface area contributed by atoms with Crippen molar-refractivity contribution in [2.45, 2.75) is 57.1 Å². The molecular weight excluding hydrogens is 637 g/mol. The maximum Gasteiger partial charge on any atom is 0.264 e. The van der Waals surface area contributed by atoms with E-state index in [1.807, 2.05) is 20.8 Å². The quantitative estimate of drug-likeness (QED) is 0.234. The van der Waals surface area contributed by atoms with E-state index in [9.17, 15) is 18.0 Å². The van der Waals surface area contributed by atoms with Crippen LogP contribution in [-0.2, 0) is 26.2 Å². The summed E-state index contributed by atoms with van der Waals surface area (Å²) in [7, 11) is -4.12. The van der Waals surface area contributed by atoms with Crippen LogP contribution < -0.4 is 9.62 Å². The van der Waals surface area contributed by atoms with Crippen molar-refractivity contribution >= 4 is 66.7 Å². The SMILES string of the molecule is CC[C@@H](C)NC(=O)[C@@H](CC)N(Cc1ccc(Cl)c(Cl)c1)C(=O)CN(c1ccc(Br)cc1)S(=O)(=O)c1ccccc1. The molecule has 0 aliphatic heterocycles. The van der Waals surface area contributed by atoms with Crippen molar-refractivity contribution in [2.75, 3.05) is 10.8 Å². The second-order valence-corrected chi connectivity index (χ2v) is 12.9. The molecule has 0 spiro atoms. The fraction of sp³-hybridized carbons (Fsp3) is 0.310. The van der Waals surface area contributed by atoms with Crippen LogP contribution in [0.15, 0.2) is 82.2 Å². The summed E-state index contributed by atoms with van der Waals surface area (Å²) in [6, 6.07) is 18.6. The topological polar surface area (TPSA) is 86.8 Å². The number of rotatable bonds is 12. The number of carbonyl (C=O) groups is 2. The molecule has 0 heterocycles. The minimum atomic E-state index is -4.12. The maximum atomic E-state index is 14.1. The molecule has 3 aromatic rings. The molecule has 0 radical (unpaired) electrons. The lowest BCUT2D eigenvalue weighted by Crippen LogP contribution is -2.53. The molecule has 0 aliphatic rings. The van der Waals surface area contributed by atoms with Gasteiger partial charge in [0, 0.05) is 17.1 Å². The van der Waals surface area contributed by atoms with Crippen LogP contribution in [-0.4, -0.2) is 43.8 Å². The highest BCUT2D eigenvalue weighted by molar-refractivity contribution is 9.10. The summed E-state index contributed by atoms with van der Waals surface area (Å²) in [6.07, 6.45) is 1.04. The van der Waals surface area contributed by atoms with Crippen LogP contribution in [0, 0.1) is 0 Å². The molecule has 40 heavy (non-hydrogen) atoms. The monoisotopic (exact) mass is 667 g/mol. The van der Waals surface area contributed by atoms with E-state index in [4.69, 9.17) is 23.2 Å². The number of anilines is 1. The number of halogens is 3. The van der Waals surface area contributed by atoms with Gasteiger partial charge in [-0.2, -0.15) is 0 Å². The highest BCUT2D eigenvalue weighted by atomic mass is 79.9. The van der Waals surface area contributed by atoms with E-state index in [2.05, 4.69) is 21.2 Å². The maximum absolute atomic E-state index is 14.1. The Labute approximate surface area is 254 Å². The summed E-state index contributed by atoms with van der Waals surface area (Å²) in [5, 5.41) is 3.63. The highest BCUT2D eigenvalue weighted by Gasteiger charge is 2.34. The Morgan fingerprint density at radius 3 is 2.15 bits per heavy atom. The van der Waals surface area contributed by atoms with Crippen LogP contribution in [0.1, 0.15) is 39.2 Å². The Hall–Kier alpha value is -2.59. The normalized spacial score (nSPS) is 12.8. The van der Waals surface area contributed by atoms with E-state index in [0.29, 0.717) is 27.7 Å². The van der Waals surface area contributed by atoms with Gasteiger partial charge in [-0.1, -0.05) is 77.2 Å². The van der Waals surface area contributed by atoms with Gasteiger partial charge in [0.25, 0.3) is 10.0 Å². The van der Waals surface area contributed by atoms with E-state index in [0.717, 1.165) is 15.2 Å². The lowest BCUT2D eigenvalue weighted by atomic mass is 10.1. The number of hydrogen-bond acceptors (Lipinski definition) is 4. The first-order valence-corrected chi connectivity index (χ1v) is 15.8. The van der Waals surface area contributed by atoms with Gasteiger partial charge in [-0.3, -0.25) is 13.9 Å². The predicted octanol–water partition coefficient (Wildman–Crippen LogP) is 6.67. The van der Waals surface area contributed by atoms with Crippen LogP contribution in [0.2, 0.25) is 10.0 Å². The smallest absolute Gasteiger partial charge is 0.264 e. The largest absolute Gasteiger partial charge is 0.352 e. The number of amides is 2. The average Bonchev–Trinajstić information content (AvgIpc) is 2.94. The fourth-order valence-corrected chi connectivity index (χ4v) is 6.07. The van der Waals surface area contributed by atoms with Gasteiger partial charge in [-0.25, -0.2) is 8.42 Å². The fourth-order valence-electron chi connectivity index (χ4n) is 4.05. The lowest BCUT2D eigenvalue weighted by Gasteiger charge is -2.33. The molecular formula is C29H32BrCl2N3O4S. The van der Waals surface area contributed by atoms with Gasteiger partial charge in [-0.15, -0.1) is 0 Å². The molecule has 0 bridgehead atoms. The molecule has 0 saturated carbocycles. The third-order valence-electron chi connectivity index (χ3n) is 6.45. The van der Waals surface area contributed by atoms with Crippen LogP contribution in [0.3, 0.4) is 0 Å². The molecule has 11 heteroatoms. The summed E-state index contributed by atoms with van der Waals surface area (Å²) < 4.78 is 29.4. The number of benzene rings is 3. The van der Waals surface area contributed by atoms with Gasteiger partial charge in [0.15, 0.2) is 0 Å². The molecule has 2 amide bonds. The van der Waals surface area contributed by atoms with Gasteiger partial charge in [0.1, 0.15) is 12.6 Å². The first-order chi connectivity index (χ1) is 19.0. The number of carbonyl (C=O) groups excluding carboxylic acids is 2. The average molecular weight is 669 g/mol. The number of sulfonamides is 1. The van der Waals surface area contributed by atoms with Crippen LogP contribution in [0.5, 0.6) is 0 Å². The molecule has 0 saturated heterocycles. The molecule has 3 rings (SSSR count). The van der Waals surface area contributed by atoms with Crippen molar-refractivity contribution in [1.82, 2.24) is 10.2 Å². The van der Waals surface area contributed by atoms with Gasteiger partial charge >= 0.3 is 0 Å². The number of hydrogen-bond donors (Lipinski definition) is 1. The Kier molecular flexibility index (Phi) is 11.5. The van der Waals surface area contributed by atoms with E-state index in [1.165, 1.54) is 17.0 Å². The first kappa shape index (κ1) is 31.9. The lowest BCUT2D eigenvalue weighted by molar-refractivity contribution is -0.140. The Bertz CT molecular complexity index is 1420. The number of nitrogens with one attached hydrogen (secondary N) is 1. The van der Waals surface area contributed by atoms with Crippen LogP contribution in [0.4, 0.5) is 5.69 Å². The Morgan fingerprint density at radius 1 is 0.925 bits per heavy atom. The van der Waals surface area contributed by atoms with E-state index in [1.54, 1.807) is 60.7 Å². The standard InChI is InChI=1S/C29H32BrCl2N3O4S/c1-4-20(3)33-29(37)27(5-2)34(18-21-11-16-25(31)26(32)17-21)28(36)19-35(23-14-12-22(30)13-15-23)40(38,39)24-9-7-6-8-10-24/h6-17,20,27H,4-5,18-19H2,1-3H3,(H,33,37)/t20-,27-/m1/s1. The zero-order chi connectivity index (χ0) is 29.4. The summed E-state index contributed by atoms with van der Waals surface area (Å²) >= 11 is 15.7. The van der Waals surface area contributed by atoms with E-state index < -0.39 is 28.5 Å².